The molecule has 0 amide bonds. The predicted octanol–water partition coefficient (Wildman–Crippen LogP) is 6.66. The first-order valence-electron chi connectivity index (χ1n) is 10.9. The number of hydrogen-bond acceptors (Lipinski definition) is 2. The number of nitrogens with zero attached hydrogens (tertiary/aromatic N) is 1. The third-order valence-corrected chi connectivity index (χ3v) is 6.40. The molecular formula is C27H30ClNO. The molecule has 3 aromatic rings. The van der Waals surface area contributed by atoms with Crippen LogP contribution in [0.1, 0.15) is 30.4 Å². The van der Waals surface area contributed by atoms with Gasteiger partial charge >= 0.3 is 0 Å². The Morgan fingerprint density at radius 2 is 1.70 bits per heavy atom. The van der Waals surface area contributed by atoms with E-state index >= 15 is 0 Å². The molecule has 2 nitrogen and oxygen atoms in total. The first-order chi connectivity index (χ1) is 14.7. The fourth-order valence-corrected chi connectivity index (χ4v) is 4.44. The summed E-state index contributed by atoms with van der Waals surface area (Å²) in [6, 6.07) is 26.0. The third-order valence-electron chi connectivity index (χ3n) is 6.14. The van der Waals surface area contributed by atoms with Crippen LogP contribution in [-0.4, -0.2) is 31.1 Å². The average molecular weight is 420 g/mol. The van der Waals surface area contributed by atoms with Crippen LogP contribution in [0.2, 0.25) is 5.02 Å². The number of hydrogen-bond donors (Lipinski definition) is 0. The van der Waals surface area contributed by atoms with E-state index in [1.165, 1.54) is 41.6 Å². The molecule has 1 aliphatic rings. The first kappa shape index (κ1) is 21.0. The molecule has 156 valence electrons. The van der Waals surface area contributed by atoms with Crippen LogP contribution < -0.4 is 4.74 Å². The second-order valence-electron chi connectivity index (χ2n) is 8.23. The molecule has 1 unspecified atom stereocenters. The van der Waals surface area contributed by atoms with E-state index < -0.39 is 0 Å². The minimum atomic E-state index is 0.658. The fraction of sp³-hybridized carbons (Fsp3) is 0.333. The monoisotopic (exact) mass is 419 g/mol. The van der Waals surface area contributed by atoms with Crippen LogP contribution in [-0.2, 0) is 12.8 Å². The van der Waals surface area contributed by atoms with Gasteiger partial charge in [-0.1, -0.05) is 60.1 Å². The summed E-state index contributed by atoms with van der Waals surface area (Å²) < 4.78 is 6.30. The molecule has 0 N–H and O–H groups in total. The summed E-state index contributed by atoms with van der Waals surface area (Å²) in [7, 11) is 2.23. The summed E-state index contributed by atoms with van der Waals surface area (Å²) in [4.78, 5) is 2.46. The third kappa shape index (κ3) is 5.44. The molecule has 0 aromatic heterocycles. The molecule has 0 bridgehead atoms. The van der Waals surface area contributed by atoms with Crippen LogP contribution >= 0.6 is 11.6 Å². The van der Waals surface area contributed by atoms with Crippen molar-refractivity contribution >= 4 is 11.6 Å². The Kier molecular flexibility index (Phi) is 7.09. The van der Waals surface area contributed by atoms with Gasteiger partial charge in [-0.2, -0.15) is 0 Å². The van der Waals surface area contributed by atoms with E-state index in [4.69, 9.17) is 16.3 Å². The molecule has 1 atom stereocenters. The van der Waals surface area contributed by atoms with Crippen molar-refractivity contribution in [3.63, 3.8) is 0 Å². The van der Waals surface area contributed by atoms with Crippen LogP contribution in [0.5, 0.6) is 5.75 Å². The van der Waals surface area contributed by atoms with Gasteiger partial charge in [0.2, 0.25) is 0 Å². The molecule has 1 saturated heterocycles. The molecular weight excluding hydrogens is 390 g/mol. The van der Waals surface area contributed by atoms with Crippen LogP contribution in [0.3, 0.4) is 0 Å². The maximum absolute atomic E-state index is 6.30. The predicted molar refractivity (Wildman–Crippen MR) is 127 cm³/mol. The molecule has 0 aliphatic carbocycles. The van der Waals surface area contributed by atoms with E-state index in [1.807, 2.05) is 12.1 Å². The number of ether oxygens (including phenoxy) is 1. The molecule has 1 fully saturated rings. The highest BCUT2D eigenvalue weighted by Gasteiger charge is 2.20. The minimum absolute atomic E-state index is 0.658. The van der Waals surface area contributed by atoms with Crippen molar-refractivity contribution in [2.45, 2.75) is 38.1 Å². The van der Waals surface area contributed by atoms with Gasteiger partial charge in [0.05, 0.1) is 6.61 Å². The number of aryl methyl sites for hydroxylation is 2. The Hall–Kier alpha value is -2.29. The lowest BCUT2D eigenvalue weighted by molar-refractivity contribution is 0.232. The second-order valence-corrected chi connectivity index (χ2v) is 8.67. The average Bonchev–Trinajstić information content (AvgIpc) is 3.19. The Morgan fingerprint density at radius 3 is 2.43 bits per heavy atom. The first-order valence-corrected chi connectivity index (χ1v) is 11.3. The molecule has 3 heteroatoms. The van der Waals surface area contributed by atoms with Crippen molar-refractivity contribution < 1.29 is 4.74 Å². The van der Waals surface area contributed by atoms with Crippen LogP contribution in [0.25, 0.3) is 11.1 Å². The number of likely N-dealkylation sites (tertiary alicyclic amines) is 1. The Labute approximate surface area is 185 Å². The van der Waals surface area contributed by atoms with Crippen molar-refractivity contribution in [1.29, 1.82) is 0 Å². The Balaban J connectivity index is 1.50. The highest BCUT2D eigenvalue weighted by molar-refractivity contribution is 6.30. The zero-order valence-corrected chi connectivity index (χ0v) is 18.4. The van der Waals surface area contributed by atoms with Crippen LogP contribution in [0.15, 0.2) is 72.8 Å². The van der Waals surface area contributed by atoms with E-state index in [9.17, 15) is 0 Å². The summed E-state index contributed by atoms with van der Waals surface area (Å²) in [5, 5.41) is 0.764. The molecule has 0 radical (unpaired) electrons. The molecule has 4 rings (SSSR count). The second kappa shape index (κ2) is 10.1. The fourth-order valence-electron chi connectivity index (χ4n) is 4.31. The largest absolute Gasteiger partial charge is 0.493 e. The maximum atomic E-state index is 6.30. The molecule has 0 spiro atoms. The lowest BCUT2D eigenvalue weighted by Gasteiger charge is -2.20. The summed E-state index contributed by atoms with van der Waals surface area (Å²) in [5.41, 5.74) is 5.01. The van der Waals surface area contributed by atoms with Gasteiger partial charge in [-0.25, -0.2) is 0 Å². The summed E-state index contributed by atoms with van der Waals surface area (Å²) in [6.07, 6.45) is 5.65. The van der Waals surface area contributed by atoms with Gasteiger partial charge in [0.1, 0.15) is 5.75 Å². The number of benzene rings is 3. The summed E-state index contributed by atoms with van der Waals surface area (Å²) >= 11 is 6.07. The maximum Gasteiger partial charge on any atom is 0.122 e. The topological polar surface area (TPSA) is 12.5 Å². The minimum Gasteiger partial charge on any atom is -0.493 e. The van der Waals surface area contributed by atoms with Gasteiger partial charge < -0.3 is 9.64 Å². The lowest BCUT2D eigenvalue weighted by atomic mass is 9.98. The normalized spacial score (nSPS) is 16.7. The molecule has 1 heterocycles. The number of rotatable bonds is 8. The standard InChI is InChI=1S/C27H30ClNO/c1-29-18-5-8-26(29)17-19-30-27-16-13-23(22-11-14-25(28)15-12-22)20-24(27)10-9-21-6-3-2-4-7-21/h2-4,6-7,11-16,20,26H,5,8-10,17-19H2,1H3. The molecule has 30 heavy (non-hydrogen) atoms. The SMILES string of the molecule is CN1CCCC1CCOc1ccc(-c2ccc(Cl)cc2)cc1CCc1ccccc1. The van der Waals surface area contributed by atoms with Gasteiger partial charge in [0.25, 0.3) is 0 Å². The van der Waals surface area contributed by atoms with Crippen LogP contribution in [0.4, 0.5) is 0 Å². The van der Waals surface area contributed by atoms with Crippen molar-refractivity contribution in [2.75, 3.05) is 20.2 Å². The van der Waals surface area contributed by atoms with Crippen molar-refractivity contribution in [3.05, 3.63) is 88.9 Å². The Bertz CT molecular complexity index is 939. The van der Waals surface area contributed by atoms with Gasteiger partial charge in [-0.15, -0.1) is 0 Å². The van der Waals surface area contributed by atoms with E-state index in [0.717, 1.165) is 36.6 Å². The van der Waals surface area contributed by atoms with E-state index in [0.29, 0.717) is 6.04 Å². The highest BCUT2D eigenvalue weighted by atomic mass is 35.5. The van der Waals surface area contributed by atoms with Crippen molar-refractivity contribution in [3.8, 4) is 16.9 Å². The van der Waals surface area contributed by atoms with Gasteiger partial charge in [0, 0.05) is 11.1 Å². The molecule has 0 saturated carbocycles. The van der Waals surface area contributed by atoms with Crippen LogP contribution in [0, 0.1) is 0 Å². The summed E-state index contributed by atoms with van der Waals surface area (Å²) in [5.74, 6) is 1.02. The van der Waals surface area contributed by atoms with E-state index in [1.54, 1.807) is 0 Å². The summed E-state index contributed by atoms with van der Waals surface area (Å²) in [6.45, 7) is 1.98. The zero-order chi connectivity index (χ0) is 20.8. The van der Waals surface area contributed by atoms with Gasteiger partial charge in [-0.05, 0) is 92.2 Å². The number of halogens is 1. The Morgan fingerprint density at radius 1 is 0.933 bits per heavy atom. The van der Waals surface area contributed by atoms with E-state index in [-0.39, 0.29) is 0 Å². The van der Waals surface area contributed by atoms with Crippen molar-refractivity contribution in [1.82, 2.24) is 4.90 Å². The highest BCUT2D eigenvalue weighted by Crippen LogP contribution is 2.29. The quantitative estimate of drug-likeness (QED) is 0.405. The van der Waals surface area contributed by atoms with E-state index in [2.05, 4.69) is 72.6 Å². The molecule has 1 aliphatic heterocycles. The zero-order valence-electron chi connectivity index (χ0n) is 17.7. The van der Waals surface area contributed by atoms with Crippen molar-refractivity contribution in [2.24, 2.45) is 0 Å². The van der Waals surface area contributed by atoms with Gasteiger partial charge in [0.15, 0.2) is 0 Å². The molecule has 3 aromatic carbocycles. The lowest BCUT2D eigenvalue weighted by Crippen LogP contribution is -2.26. The smallest absolute Gasteiger partial charge is 0.122 e. The van der Waals surface area contributed by atoms with Gasteiger partial charge in [-0.3, -0.25) is 0 Å².